The molecule has 1 N–H and O–H groups in total. The van der Waals surface area contributed by atoms with Crippen LogP contribution in [0.1, 0.15) is 5.56 Å². The van der Waals surface area contributed by atoms with Gasteiger partial charge in [0.1, 0.15) is 12.1 Å². The van der Waals surface area contributed by atoms with Crippen LogP contribution in [-0.2, 0) is 6.18 Å². The molecule has 0 amide bonds. The Morgan fingerprint density at radius 2 is 1.59 bits per heavy atom. The van der Waals surface area contributed by atoms with Crippen LogP contribution in [0.25, 0.3) is 10.9 Å². The van der Waals surface area contributed by atoms with Crippen molar-refractivity contribution in [2.45, 2.75) is 6.18 Å². The van der Waals surface area contributed by atoms with Gasteiger partial charge in [0, 0.05) is 11.1 Å². The highest BCUT2D eigenvalue weighted by atomic mass is 35.5. The zero-order valence-corrected chi connectivity index (χ0v) is 11.9. The van der Waals surface area contributed by atoms with Crippen molar-refractivity contribution in [3.05, 3.63) is 60.4 Å². The van der Waals surface area contributed by atoms with E-state index in [1.54, 1.807) is 6.07 Å². The second-order valence-electron chi connectivity index (χ2n) is 4.41. The molecule has 3 rings (SSSR count). The Kier molecular flexibility index (Phi) is 4.51. The number of benzene rings is 2. The van der Waals surface area contributed by atoms with Gasteiger partial charge < -0.3 is 5.32 Å². The average molecular weight is 326 g/mol. The zero-order chi connectivity index (χ0) is 14.9. The van der Waals surface area contributed by atoms with Gasteiger partial charge in [-0.05, 0) is 24.3 Å². The van der Waals surface area contributed by atoms with Gasteiger partial charge in [0.05, 0.1) is 11.1 Å². The number of anilines is 2. The Balaban J connectivity index is 0.00000176. The van der Waals surface area contributed by atoms with Crippen LogP contribution < -0.4 is 5.32 Å². The van der Waals surface area contributed by atoms with Gasteiger partial charge in [-0.1, -0.05) is 24.3 Å². The van der Waals surface area contributed by atoms with Crippen molar-refractivity contribution in [2.75, 3.05) is 5.32 Å². The minimum Gasteiger partial charge on any atom is -0.340 e. The van der Waals surface area contributed by atoms with E-state index in [0.717, 1.165) is 18.1 Å². The van der Waals surface area contributed by atoms with Crippen molar-refractivity contribution in [3.63, 3.8) is 0 Å². The maximum Gasteiger partial charge on any atom is 0.418 e. The summed E-state index contributed by atoms with van der Waals surface area (Å²) in [5.74, 6) is 0.345. The lowest BCUT2D eigenvalue weighted by Crippen LogP contribution is -2.07. The van der Waals surface area contributed by atoms with Crippen LogP contribution in [0.2, 0.25) is 0 Å². The summed E-state index contributed by atoms with van der Waals surface area (Å²) in [6.45, 7) is 0. The first-order chi connectivity index (χ1) is 10.1. The molecule has 0 atom stereocenters. The smallest absolute Gasteiger partial charge is 0.340 e. The van der Waals surface area contributed by atoms with Crippen molar-refractivity contribution in [1.29, 1.82) is 0 Å². The number of hydrogen-bond acceptors (Lipinski definition) is 3. The number of rotatable bonds is 2. The molecule has 0 fully saturated rings. The summed E-state index contributed by atoms with van der Waals surface area (Å²) in [6.07, 6.45) is -3.32. The highest BCUT2D eigenvalue weighted by Gasteiger charge is 2.33. The number of aromatic nitrogens is 2. The number of alkyl halides is 3. The van der Waals surface area contributed by atoms with E-state index < -0.39 is 11.7 Å². The number of para-hydroxylation sites is 2. The molecule has 0 saturated carbocycles. The molecular weight excluding hydrogens is 315 g/mol. The molecule has 22 heavy (non-hydrogen) atoms. The van der Waals surface area contributed by atoms with Gasteiger partial charge in [-0.15, -0.1) is 12.4 Å². The molecule has 0 unspecified atom stereocenters. The van der Waals surface area contributed by atoms with Gasteiger partial charge in [-0.2, -0.15) is 13.2 Å². The molecule has 2 aromatic carbocycles. The normalized spacial score (nSPS) is 11.0. The van der Waals surface area contributed by atoms with Gasteiger partial charge in [0.15, 0.2) is 0 Å². The highest BCUT2D eigenvalue weighted by molar-refractivity contribution is 5.92. The monoisotopic (exact) mass is 325 g/mol. The highest BCUT2D eigenvalue weighted by Crippen LogP contribution is 2.35. The van der Waals surface area contributed by atoms with Crippen LogP contribution in [0.5, 0.6) is 0 Å². The Labute approximate surface area is 130 Å². The van der Waals surface area contributed by atoms with Crippen LogP contribution in [0.4, 0.5) is 24.7 Å². The van der Waals surface area contributed by atoms with E-state index in [1.807, 2.05) is 30.3 Å². The fourth-order valence-corrected chi connectivity index (χ4v) is 2.07. The van der Waals surface area contributed by atoms with Crippen molar-refractivity contribution in [1.82, 2.24) is 9.97 Å². The van der Waals surface area contributed by atoms with Crippen LogP contribution >= 0.6 is 12.4 Å². The van der Waals surface area contributed by atoms with Gasteiger partial charge in [0.2, 0.25) is 0 Å². The lowest BCUT2D eigenvalue weighted by Gasteiger charge is -2.12. The Bertz CT molecular complexity index is 776. The minimum absolute atomic E-state index is 0. The number of hydrogen-bond donors (Lipinski definition) is 1. The maximum atomic E-state index is 13.0. The van der Waals surface area contributed by atoms with Crippen LogP contribution in [0.3, 0.4) is 0 Å². The van der Waals surface area contributed by atoms with Gasteiger partial charge >= 0.3 is 6.18 Å². The van der Waals surface area contributed by atoms with Crippen molar-refractivity contribution in [3.8, 4) is 0 Å². The molecule has 0 bridgehead atoms. The van der Waals surface area contributed by atoms with E-state index in [1.165, 1.54) is 6.07 Å². The molecule has 0 saturated heterocycles. The Hall–Kier alpha value is -2.34. The fourth-order valence-electron chi connectivity index (χ4n) is 2.07. The van der Waals surface area contributed by atoms with E-state index in [2.05, 4.69) is 15.3 Å². The quantitative estimate of drug-likeness (QED) is 0.734. The summed E-state index contributed by atoms with van der Waals surface area (Å²) in [4.78, 5) is 7.81. The topological polar surface area (TPSA) is 37.8 Å². The standard InChI is InChI=1S/C15H10F3N3.ClH/c16-15(17,18)12-8-4-7-11-13(12)19-9-20-14(11)21-10-5-2-1-3-6-10;/h1-9H,(H,19,20,21);1H. The molecule has 0 spiro atoms. The fraction of sp³-hybridized carbons (Fsp3) is 0.0667. The summed E-state index contributed by atoms with van der Waals surface area (Å²) in [5.41, 5.74) is -0.133. The van der Waals surface area contributed by atoms with E-state index in [4.69, 9.17) is 0 Å². The summed E-state index contributed by atoms with van der Waals surface area (Å²) < 4.78 is 39.0. The number of nitrogens with one attached hydrogen (secondary N) is 1. The molecule has 3 aromatic rings. The molecular formula is C15H11ClF3N3. The first kappa shape index (κ1) is 16.0. The van der Waals surface area contributed by atoms with Crippen LogP contribution in [0, 0.1) is 0 Å². The Morgan fingerprint density at radius 1 is 0.864 bits per heavy atom. The largest absolute Gasteiger partial charge is 0.418 e. The lowest BCUT2D eigenvalue weighted by atomic mass is 10.1. The van der Waals surface area contributed by atoms with Crippen molar-refractivity contribution >= 4 is 34.8 Å². The van der Waals surface area contributed by atoms with Crippen LogP contribution in [-0.4, -0.2) is 9.97 Å². The summed E-state index contributed by atoms with van der Waals surface area (Å²) >= 11 is 0. The predicted octanol–water partition coefficient (Wildman–Crippen LogP) is 4.81. The first-order valence-electron chi connectivity index (χ1n) is 6.19. The van der Waals surface area contributed by atoms with E-state index in [0.29, 0.717) is 11.2 Å². The van der Waals surface area contributed by atoms with Gasteiger partial charge in [-0.25, -0.2) is 9.97 Å². The van der Waals surface area contributed by atoms with Crippen LogP contribution in [0.15, 0.2) is 54.9 Å². The van der Waals surface area contributed by atoms with Crippen molar-refractivity contribution < 1.29 is 13.2 Å². The second-order valence-corrected chi connectivity index (χ2v) is 4.41. The second kappa shape index (κ2) is 6.19. The maximum absolute atomic E-state index is 13.0. The summed E-state index contributed by atoms with van der Waals surface area (Å²) in [6, 6.07) is 13.1. The lowest BCUT2D eigenvalue weighted by molar-refractivity contribution is -0.136. The number of halogens is 4. The predicted molar refractivity (Wildman–Crippen MR) is 81.5 cm³/mol. The SMILES string of the molecule is Cl.FC(F)(F)c1cccc2c(Nc3ccccc3)ncnc12. The molecule has 0 radical (unpaired) electrons. The van der Waals surface area contributed by atoms with Gasteiger partial charge in [0.25, 0.3) is 0 Å². The molecule has 1 heterocycles. The molecule has 0 aliphatic heterocycles. The molecule has 114 valence electrons. The van der Waals surface area contributed by atoms with Crippen molar-refractivity contribution in [2.24, 2.45) is 0 Å². The third kappa shape index (κ3) is 3.12. The Morgan fingerprint density at radius 3 is 2.27 bits per heavy atom. The minimum atomic E-state index is -4.45. The van der Waals surface area contributed by atoms with E-state index in [9.17, 15) is 13.2 Å². The van der Waals surface area contributed by atoms with E-state index >= 15 is 0 Å². The average Bonchev–Trinajstić information content (AvgIpc) is 2.47. The number of fused-ring (bicyclic) bond motifs is 1. The summed E-state index contributed by atoms with van der Waals surface area (Å²) in [5, 5.41) is 3.34. The zero-order valence-electron chi connectivity index (χ0n) is 11.1. The third-order valence-electron chi connectivity index (χ3n) is 3.01. The summed E-state index contributed by atoms with van der Waals surface area (Å²) in [7, 11) is 0. The molecule has 1 aromatic heterocycles. The third-order valence-corrected chi connectivity index (χ3v) is 3.01. The van der Waals surface area contributed by atoms with Gasteiger partial charge in [-0.3, -0.25) is 0 Å². The molecule has 0 aliphatic rings. The molecule has 7 heteroatoms. The number of nitrogens with zero attached hydrogens (tertiary/aromatic N) is 2. The molecule has 0 aliphatic carbocycles. The molecule has 3 nitrogen and oxygen atoms in total. The van der Waals surface area contributed by atoms with E-state index in [-0.39, 0.29) is 17.9 Å². The first-order valence-corrected chi connectivity index (χ1v) is 6.19.